The lowest BCUT2D eigenvalue weighted by molar-refractivity contribution is 0.0674. The van der Waals surface area contributed by atoms with Crippen LogP contribution < -0.4 is 16.2 Å². The van der Waals surface area contributed by atoms with Gasteiger partial charge in [-0.15, -0.1) is 0 Å². The van der Waals surface area contributed by atoms with Gasteiger partial charge in [0.1, 0.15) is 5.75 Å². The maximum absolute atomic E-state index is 11.3. The first-order valence-corrected chi connectivity index (χ1v) is 6.35. The Morgan fingerprint density at radius 2 is 2.18 bits per heavy atom. The summed E-state index contributed by atoms with van der Waals surface area (Å²) < 4.78 is 6.56. The maximum atomic E-state index is 11.3. The minimum absolute atomic E-state index is 0.155. The van der Waals surface area contributed by atoms with Gasteiger partial charge in [0.05, 0.1) is 11.7 Å². The molecule has 0 aliphatic heterocycles. The monoisotopic (exact) mass is 298 g/mol. The summed E-state index contributed by atoms with van der Waals surface area (Å²) in [7, 11) is 0. The molecular formula is C12H15BrN2O2. The van der Waals surface area contributed by atoms with Crippen LogP contribution in [0.1, 0.15) is 23.2 Å². The molecule has 1 amide bonds. The van der Waals surface area contributed by atoms with E-state index in [4.69, 9.17) is 16.2 Å². The first-order chi connectivity index (χ1) is 8.10. The predicted molar refractivity (Wildman–Crippen MR) is 68.9 cm³/mol. The molecule has 1 saturated carbocycles. The molecule has 1 aliphatic rings. The zero-order chi connectivity index (χ0) is 12.4. The standard InChI is InChI=1S/C12H15BrN2O2/c13-8-1-2-11(10(5-8)12(15)16)17-9-3-7(4-9)6-14/h1-2,5,7,9H,3-4,6,14H2,(H2,15,16). The summed E-state index contributed by atoms with van der Waals surface area (Å²) in [6.07, 6.45) is 2.05. The van der Waals surface area contributed by atoms with Gasteiger partial charge in [0, 0.05) is 4.47 Å². The van der Waals surface area contributed by atoms with Crippen molar-refractivity contribution in [1.82, 2.24) is 0 Å². The normalized spacial score (nSPS) is 22.9. The zero-order valence-corrected chi connectivity index (χ0v) is 10.9. The molecule has 1 aliphatic carbocycles. The molecule has 0 saturated heterocycles. The van der Waals surface area contributed by atoms with Gasteiger partial charge in [-0.1, -0.05) is 15.9 Å². The summed E-state index contributed by atoms with van der Waals surface area (Å²) in [5.41, 5.74) is 11.3. The second-order valence-corrected chi connectivity index (χ2v) is 5.23. The fraction of sp³-hybridized carbons (Fsp3) is 0.417. The third-order valence-electron chi connectivity index (χ3n) is 3.03. The number of primary amides is 1. The van der Waals surface area contributed by atoms with Crippen molar-refractivity contribution in [2.45, 2.75) is 18.9 Å². The number of benzene rings is 1. The number of carbonyl (C=O) groups is 1. The fourth-order valence-electron chi connectivity index (χ4n) is 1.94. The molecule has 0 atom stereocenters. The van der Waals surface area contributed by atoms with Crippen molar-refractivity contribution in [3.05, 3.63) is 28.2 Å². The van der Waals surface area contributed by atoms with Gasteiger partial charge in [-0.2, -0.15) is 0 Å². The van der Waals surface area contributed by atoms with E-state index in [1.165, 1.54) is 0 Å². The summed E-state index contributed by atoms with van der Waals surface area (Å²) in [6.45, 7) is 0.697. The molecule has 0 aromatic heterocycles. The van der Waals surface area contributed by atoms with Gasteiger partial charge in [0.25, 0.3) is 5.91 Å². The van der Waals surface area contributed by atoms with Crippen molar-refractivity contribution in [3.63, 3.8) is 0 Å². The van der Waals surface area contributed by atoms with E-state index in [1.54, 1.807) is 12.1 Å². The highest BCUT2D eigenvalue weighted by Crippen LogP contribution is 2.32. The lowest BCUT2D eigenvalue weighted by atomic mass is 9.82. The molecule has 92 valence electrons. The summed E-state index contributed by atoms with van der Waals surface area (Å²) in [5.74, 6) is 0.629. The number of halogens is 1. The van der Waals surface area contributed by atoms with Crippen LogP contribution in [0.4, 0.5) is 0 Å². The highest BCUT2D eigenvalue weighted by molar-refractivity contribution is 9.10. The summed E-state index contributed by atoms with van der Waals surface area (Å²) in [5, 5.41) is 0. The minimum atomic E-state index is -0.476. The second kappa shape index (κ2) is 5.06. The van der Waals surface area contributed by atoms with E-state index in [2.05, 4.69) is 15.9 Å². The molecule has 2 rings (SSSR count). The van der Waals surface area contributed by atoms with Gasteiger partial charge in [-0.05, 0) is 43.5 Å². The van der Waals surface area contributed by atoms with E-state index in [0.29, 0.717) is 23.8 Å². The SMILES string of the molecule is NCC1CC(Oc2ccc(Br)cc2C(N)=O)C1. The molecule has 1 aromatic carbocycles. The first kappa shape index (κ1) is 12.4. The van der Waals surface area contributed by atoms with Gasteiger partial charge in [0.2, 0.25) is 0 Å². The lowest BCUT2D eigenvalue weighted by Crippen LogP contribution is -2.38. The summed E-state index contributed by atoms with van der Waals surface area (Å²) >= 11 is 3.30. The van der Waals surface area contributed by atoms with Gasteiger partial charge < -0.3 is 16.2 Å². The van der Waals surface area contributed by atoms with Crippen LogP contribution in [-0.4, -0.2) is 18.6 Å². The number of amides is 1. The largest absolute Gasteiger partial charge is 0.490 e. The Bertz CT molecular complexity index is 431. The van der Waals surface area contributed by atoms with E-state index in [0.717, 1.165) is 17.3 Å². The van der Waals surface area contributed by atoms with Crippen LogP contribution in [-0.2, 0) is 0 Å². The predicted octanol–water partition coefficient (Wildman–Crippen LogP) is 1.66. The average molecular weight is 299 g/mol. The lowest BCUT2D eigenvalue weighted by Gasteiger charge is -2.34. The number of hydrogen-bond acceptors (Lipinski definition) is 3. The smallest absolute Gasteiger partial charge is 0.252 e. The molecule has 0 heterocycles. The van der Waals surface area contributed by atoms with Crippen molar-refractivity contribution in [2.24, 2.45) is 17.4 Å². The molecule has 4 nitrogen and oxygen atoms in total. The number of nitrogens with two attached hydrogens (primary N) is 2. The van der Waals surface area contributed by atoms with Gasteiger partial charge >= 0.3 is 0 Å². The highest BCUT2D eigenvalue weighted by Gasteiger charge is 2.30. The second-order valence-electron chi connectivity index (χ2n) is 4.32. The summed E-state index contributed by atoms with van der Waals surface area (Å²) in [6, 6.07) is 5.28. The van der Waals surface area contributed by atoms with Crippen molar-refractivity contribution in [3.8, 4) is 5.75 Å². The van der Waals surface area contributed by atoms with Crippen molar-refractivity contribution in [2.75, 3.05) is 6.54 Å². The van der Waals surface area contributed by atoms with Crippen LogP contribution in [0.5, 0.6) is 5.75 Å². The molecule has 17 heavy (non-hydrogen) atoms. The van der Waals surface area contributed by atoms with Crippen LogP contribution in [0.15, 0.2) is 22.7 Å². The molecule has 0 radical (unpaired) electrons. The van der Waals surface area contributed by atoms with E-state index in [-0.39, 0.29) is 6.10 Å². The van der Waals surface area contributed by atoms with Crippen LogP contribution in [0.3, 0.4) is 0 Å². The van der Waals surface area contributed by atoms with Crippen LogP contribution in [0.2, 0.25) is 0 Å². The van der Waals surface area contributed by atoms with Crippen molar-refractivity contribution in [1.29, 1.82) is 0 Å². The van der Waals surface area contributed by atoms with E-state index in [9.17, 15) is 4.79 Å². The topological polar surface area (TPSA) is 78.3 Å². The molecule has 1 aromatic rings. The number of rotatable bonds is 4. The third-order valence-corrected chi connectivity index (χ3v) is 3.52. The van der Waals surface area contributed by atoms with Crippen molar-refractivity contribution < 1.29 is 9.53 Å². The van der Waals surface area contributed by atoms with Crippen LogP contribution in [0.25, 0.3) is 0 Å². The molecule has 4 N–H and O–H groups in total. The number of hydrogen-bond donors (Lipinski definition) is 2. The van der Waals surface area contributed by atoms with E-state index < -0.39 is 5.91 Å². The molecule has 0 unspecified atom stereocenters. The van der Waals surface area contributed by atoms with E-state index in [1.807, 2.05) is 6.07 Å². The molecule has 0 spiro atoms. The molecule has 5 heteroatoms. The minimum Gasteiger partial charge on any atom is -0.490 e. The van der Waals surface area contributed by atoms with E-state index >= 15 is 0 Å². The quantitative estimate of drug-likeness (QED) is 0.887. The first-order valence-electron chi connectivity index (χ1n) is 5.56. The average Bonchev–Trinajstić information content (AvgIpc) is 2.24. The Kier molecular flexibility index (Phi) is 3.69. The van der Waals surface area contributed by atoms with Gasteiger partial charge in [-0.3, -0.25) is 4.79 Å². The number of ether oxygens (including phenoxy) is 1. The van der Waals surface area contributed by atoms with Gasteiger partial charge in [-0.25, -0.2) is 0 Å². The Morgan fingerprint density at radius 3 is 2.76 bits per heavy atom. The highest BCUT2D eigenvalue weighted by atomic mass is 79.9. The third kappa shape index (κ3) is 2.79. The van der Waals surface area contributed by atoms with Crippen molar-refractivity contribution >= 4 is 21.8 Å². The number of carbonyl (C=O) groups excluding carboxylic acids is 1. The summed E-state index contributed by atoms with van der Waals surface area (Å²) in [4.78, 5) is 11.3. The van der Waals surface area contributed by atoms with Crippen LogP contribution in [0, 0.1) is 5.92 Å². The Labute approximate surface area is 108 Å². The Balaban J connectivity index is 2.08. The maximum Gasteiger partial charge on any atom is 0.252 e. The molecule has 1 fully saturated rings. The van der Waals surface area contributed by atoms with Gasteiger partial charge in [0.15, 0.2) is 0 Å². The molecular weight excluding hydrogens is 284 g/mol. The Morgan fingerprint density at radius 1 is 1.47 bits per heavy atom. The fourth-order valence-corrected chi connectivity index (χ4v) is 2.30. The zero-order valence-electron chi connectivity index (χ0n) is 9.36. The molecule has 0 bridgehead atoms. The van der Waals surface area contributed by atoms with Crippen LogP contribution >= 0.6 is 15.9 Å². The Hall–Kier alpha value is -1.07.